The minimum Gasteiger partial charge on any atom is -0.508 e. The van der Waals surface area contributed by atoms with Gasteiger partial charge in [-0.3, -0.25) is 43.2 Å². The Labute approximate surface area is 505 Å². The summed E-state index contributed by atoms with van der Waals surface area (Å²) < 4.78 is 0. The lowest BCUT2D eigenvalue weighted by atomic mass is 10.0. The number of anilines is 2. The molecule has 6 rings (SSSR count). The summed E-state index contributed by atoms with van der Waals surface area (Å²) in [7, 11) is 0. The molecule has 1 aliphatic rings. The Balaban J connectivity index is 1.40. The van der Waals surface area contributed by atoms with Gasteiger partial charge in [0.25, 0.3) is 0 Å². The molecule has 0 saturated carbocycles. The first-order valence-electron chi connectivity index (χ1n) is 27.9. The number of aliphatic hydroxyl groups is 1. The van der Waals surface area contributed by atoms with Crippen LogP contribution in [0.1, 0.15) is 54.9 Å². The number of halogens is 1. The van der Waals surface area contributed by atoms with Gasteiger partial charge >= 0.3 is 6.03 Å². The quantitative estimate of drug-likeness (QED) is 0.0453. The van der Waals surface area contributed by atoms with E-state index in [0.717, 1.165) is 6.92 Å². The molecular formula is C60H72ClN13O13. The fourth-order valence-corrected chi connectivity index (χ4v) is 9.19. The number of primary amides is 1. The van der Waals surface area contributed by atoms with E-state index >= 15 is 0 Å². The van der Waals surface area contributed by atoms with Crippen LogP contribution in [0.4, 0.5) is 16.2 Å². The molecule has 0 aliphatic carbocycles. The predicted octanol–water partition coefficient (Wildman–Crippen LogP) is -0.0983. The highest BCUT2D eigenvalue weighted by atomic mass is 35.5. The Morgan fingerprint density at radius 2 is 1.13 bits per heavy atom. The summed E-state index contributed by atoms with van der Waals surface area (Å²) >= 11 is 6.07. The van der Waals surface area contributed by atoms with Crippen LogP contribution in [-0.2, 0) is 68.8 Å². The third-order valence-electron chi connectivity index (χ3n) is 13.9. The van der Waals surface area contributed by atoms with Crippen molar-refractivity contribution in [1.82, 2.24) is 42.5 Å². The predicted molar refractivity (Wildman–Crippen MR) is 321 cm³/mol. The molecule has 0 aromatic heterocycles. The molecule has 9 atom stereocenters. The van der Waals surface area contributed by atoms with Crippen molar-refractivity contribution in [3.63, 3.8) is 0 Å². The first-order chi connectivity index (χ1) is 41.5. The van der Waals surface area contributed by atoms with Crippen LogP contribution in [0.15, 0.2) is 127 Å². The molecule has 87 heavy (non-hydrogen) atoms. The second kappa shape index (κ2) is 32.6. The van der Waals surface area contributed by atoms with E-state index < -0.39 is 127 Å². The number of phenols is 2. The van der Waals surface area contributed by atoms with Crippen LogP contribution in [0, 0.1) is 0 Å². The molecule has 462 valence electrons. The molecule has 1 fully saturated rings. The van der Waals surface area contributed by atoms with Crippen LogP contribution in [0.5, 0.6) is 11.5 Å². The summed E-state index contributed by atoms with van der Waals surface area (Å²) in [5.41, 5.74) is 20.6. The van der Waals surface area contributed by atoms with Gasteiger partial charge in [-0.05, 0) is 122 Å². The number of nitrogens with two attached hydrogens (primary N) is 3. The Kier molecular flexibility index (Phi) is 24.9. The van der Waals surface area contributed by atoms with E-state index in [-0.39, 0.29) is 56.6 Å². The second-order valence-corrected chi connectivity index (χ2v) is 21.2. The summed E-state index contributed by atoms with van der Waals surface area (Å²) in [6.07, 6.45) is -3.05. The molecule has 26 nitrogen and oxygen atoms in total. The zero-order chi connectivity index (χ0) is 63.2. The lowest BCUT2D eigenvalue weighted by molar-refractivity contribution is -0.138. The summed E-state index contributed by atoms with van der Waals surface area (Å²) in [6, 6.07) is 18.9. The molecule has 1 aliphatic heterocycles. The van der Waals surface area contributed by atoms with Gasteiger partial charge in [-0.2, -0.15) is 0 Å². The maximum atomic E-state index is 14.9. The highest BCUT2D eigenvalue weighted by Crippen LogP contribution is 2.18. The van der Waals surface area contributed by atoms with Crippen LogP contribution >= 0.6 is 11.6 Å². The summed E-state index contributed by atoms with van der Waals surface area (Å²) in [5.74, 6) is -9.58. The second-order valence-electron chi connectivity index (χ2n) is 20.8. The van der Waals surface area contributed by atoms with Crippen LogP contribution < -0.4 is 70.4 Å². The number of rotatable bonds is 20. The number of hydrogen-bond donors (Lipinski definition) is 16. The van der Waals surface area contributed by atoms with Crippen molar-refractivity contribution in [2.24, 2.45) is 17.2 Å². The molecule has 1 heterocycles. The molecule has 0 radical (unpaired) electrons. The van der Waals surface area contributed by atoms with E-state index in [9.17, 15) is 63.3 Å². The molecular weight excluding hydrogens is 1150 g/mol. The van der Waals surface area contributed by atoms with Crippen LogP contribution in [-0.4, -0.2) is 142 Å². The lowest BCUT2D eigenvalue weighted by Gasteiger charge is -2.29. The van der Waals surface area contributed by atoms with E-state index in [0.29, 0.717) is 45.1 Å². The van der Waals surface area contributed by atoms with E-state index in [1.807, 2.05) is 0 Å². The van der Waals surface area contributed by atoms with Gasteiger partial charge in [-0.15, -0.1) is 0 Å². The Morgan fingerprint density at radius 1 is 0.621 bits per heavy atom. The van der Waals surface area contributed by atoms with E-state index in [1.165, 1.54) is 48.5 Å². The van der Waals surface area contributed by atoms with E-state index in [1.54, 1.807) is 78.9 Å². The number of urea groups is 1. The number of carbonyl (C=O) groups excluding carboxylic acids is 10. The standard InChI is InChI=1S/C60H72ClN13O13/c1-33(75)51-59(86)72-48(57(84)69-45(52(64)79)28-36-14-22-41(76)23-15-36)31-50(78)65-32-49(73-53(80)43(63)27-34-10-18-38(61)19-11-34)58(85)71-47(30-37-16-24-42(77)25-17-37)56(83)70-46(55(82)68-44(54(81)74-51)9-5-6-26-62)29-35-12-20-40(21-13-35)67-60(87)66-39-7-3-2-4-8-39/h2-4,7-8,10-25,33,43-49,51,75-77H,5-6,9,26-32,62-63H2,1H3,(H2,64,79)(H,65,78)(H,68,82)(H,69,84)(H,70,83)(H,71,85)(H,72,86)(H,73,80)(H,74,81)(H2,66,67,87)/t33?,43-,44-,45+,46+,47-,48-,49+,51?/m0/s1. The number of aliphatic hydroxyl groups excluding tert-OH is 1. The SMILES string of the molecule is CC(O)C1NC(=O)[C@H](CCCCN)NC(=O)[C@@H](Cc2ccc(NC(=O)Nc3ccccc3)cc2)NC(=O)[C@H](Cc2ccc(O)cc2)NC(=O)[C@H](NC(=O)[C@@H](N)Cc2ccc(Cl)cc2)CNC(=O)C[C@@H](C(=O)N[C@H](Cc2ccc(O)cc2)C(N)=O)NC1=O. The number of unbranched alkanes of at least 4 members (excludes halogenated alkanes) is 1. The zero-order valence-electron chi connectivity index (χ0n) is 47.4. The Bertz CT molecular complexity index is 3200. The molecule has 27 heteroatoms. The number of nitrogens with one attached hydrogen (secondary N) is 10. The zero-order valence-corrected chi connectivity index (χ0v) is 48.2. The average Bonchev–Trinajstić information content (AvgIpc) is 3.31. The van der Waals surface area contributed by atoms with Crippen LogP contribution in [0.3, 0.4) is 0 Å². The van der Waals surface area contributed by atoms with Gasteiger partial charge < -0.3 is 85.7 Å². The van der Waals surface area contributed by atoms with Crippen molar-refractivity contribution in [2.45, 2.75) is 113 Å². The van der Waals surface area contributed by atoms with E-state index in [4.69, 9.17) is 28.8 Å². The largest absolute Gasteiger partial charge is 0.508 e. The van der Waals surface area contributed by atoms with Crippen molar-refractivity contribution in [1.29, 1.82) is 0 Å². The van der Waals surface area contributed by atoms with Crippen molar-refractivity contribution >= 4 is 82.2 Å². The van der Waals surface area contributed by atoms with Crippen molar-refractivity contribution in [3.8, 4) is 11.5 Å². The molecule has 11 amide bonds. The fourth-order valence-electron chi connectivity index (χ4n) is 9.06. The number of hydrogen-bond acceptors (Lipinski definition) is 15. The molecule has 1 saturated heterocycles. The van der Waals surface area contributed by atoms with Crippen molar-refractivity contribution in [2.75, 3.05) is 23.7 Å². The molecule has 0 bridgehead atoms. The van der Waals surface area contributed by atoms with Crippen molar-refractivity contribution < 1.29 is 63.3 Å². The Morgan fingerprint density at radius 3 is 1.69 bits per heavy atom. The number of phenolic OH excluding ortho intramolecular Hbond substituents is 2. The first kappa shape index (κ1) is 66.5. The number of benzene rings is 5. The maximum Gasteiger partial charge on any atom is 0.323 e. The van der Waals surface area contributed by atoms with Gasteiger partial charge in [-0.25, -0.2) is 4.79 Å². The third kappa shape index (κ3) is 21.4. The smallest absolute Gasteiger partial charge is 0.323 e. The monoisotopic (exact) mass is 1220 g/mol. The number of amides is 11. The summed E-state index contributed by atoms with van der Waals surface area (Å²) in [6.45, 7) is 0.563. The number of aromatic hydroxyl groups is 2. The van der Waals surface area contributed by atoms with Crippen molar-refractivity contribution in [3.05, 3.63) is 155 Å². The summed E-state index contributed by atoms with van der Waals surface area (Å²) in [5, 5.41) is 57.1. The summed E-state index contributed by atoms with van der Waals surface area (Å²) in [4.78, 5) is 141. The first-order valence-corrected chi connectivity index (χ1v) is 28.3. The van der Waals surface area contributed by atoms with E-state index in [2.05, 4.69) is 53.2 Å². The number of para-hydroxylation sites is 1. The van der Waals surface area contributed by atoms with Crippen LogP contribution in [0.2, 0.25) is 5.02 Å². The average molecular weight is 1220 g/mol. The fraction of sp³-hybridized carbons (Fsp3) is 0.333. The van der Waals surface area contributed by atoms with Gasteiger partial charge in [0.15, 0.2) is 0 Å². The normalized spacial score (nSPS) is 20.0. The highest BCUT2D eigenvalue weighted by Gasteiger charge is 2.37. The minimum absolute atomic E-state index is 0.0564. The topological polar surface area (TPSA) is 430 Å². The van der Waals surface area contributed by atoms with Gasteiger partial charge in [0.2, 0.25) is 53.2 Å². The molecule has 2 unspecified atom stereocenters. The highest BCUT2D eigenvalue weighted by molar-refractivity contribution is 6.30. The van der Waals surface area contributed by atoms with Gasteiger partial charge in [0, 0.05) is 42.2 Å². The number of carbonyl (C=O) groups is 10. The Hall–Kier alpha value is -9.63. The maximum absolute atomic E-state index is 14.9. The van der Waals surface area contributed by atoms with Crippen LogP contribution in [0.25, 0.3) is 0 Å². The molecule has 5 aromatic carbocycles. The molecule has 19 N–H and O–H groups in total. The molecule has 0 spiro atoms. The van der Waals surface area contributed by atoms with Gasteiger partial charge in [0.1, 0.15) is 53.8 Å². The van der Waals surface area contributed by atoms with Gasteiger partial charge in [0.05, 0.1) is 18.6 Å². The molecule has 5 aromatic rings. The third-order valence-corrected chi connectivity index (χ3v) is 14.1. The lowest BCUT2D eigenvalue weighted by Crippen LogP contribution is -2.63. The minimum atomic E-state index is -1.92. The van der Waals surface area contributed by atoms with Gasteiger partial charge in [-0.1, -0.05) is 78.3 Å².